The van der Waals surface area contributed by atoms with E-state index in [0.717, 1.165) is 0 Å². The molecule has 0 aromatic heterocycles. The number of benzene rings is 2. The first kappa shape index (κ1) is 13.5. The number of carbonyl (C=O) groups excluding carboxylic acids is 1. The zero-order chi connectivity index (χ0) is 14.5. The lowest BCUT2D eigenvalue weighted by Gasteiger charge is -2.09. The van der Waals surface area contributed by atoms with Crippen LogP contribution in [0.25, 0.3) is 0 Å². The molecule has 0 aliphatic heterocycles. The summed E-state index contributed by atoms with van der Waals surface area (Å²) < 4.78 is 5.06. The molecule has 1 amide bonds. The van der Waals surface area contributed by atoms with Crippen LogP contribution in [0, 0.1) is 10.1 Å². The third kappa shape index (κ3) is 2.92. The average molecular weight is 272 g/mol. The number of nitrogens with zero attached hydrogens (tertiary/aromatic N) is 1. The molecule has 0 spiro atoms. The number of nitrogens with one attached hydrogen (secondary N) is 1. The van der Waals surface area contributed by atoms with E-state index in [1.54, 1.807) is 24.3 Å². The maximum atomic E-state index is 12.2. The molecule has 102 valence electrons. The number of nitro groups is 1. The Balaban J connectivity index is 2.32. The third-order valence-corrected chi connectivity index (χ3v) is 2.67. The number of rotatable bonds is 4. The minimum Gasteiger partial charge on any atom is -0.496 e. The van der Waals surface area contributed by atoms with E-state index in [1.165, 1.54) is 25.3 Å². The molecule has 0 radical (unpaired) electrons. The summed E-state index contributed by atoms with van der Waals surface area (Å²) in [5, 5.41) is 13.4. The Morgan fingerprint density at radius 2 is 1.90 bits per heavy atom. The van der Waals surface area contributed by atoms with Crippen LogP contribution < -0.4 is 10.1 Å². The van der Waals surface area contributed by atoms with Gasteiger partial charge in [0.2, 0.25) is 0 Å². The standard InChI is InChI=1S/C14H12N2O4/c1-20-13-8-7-11(16(18)19)9-12(13)14(17)15-10-5-3-2-4-6-10/h2-9H,1H3,(H,15,17). The number of nitro benzene ring substituents is 1. The van der Waals surface area contributed by atoms with Gasteiger partial charge in [-0.05, 0) is 18.2 Å². The molecule has 0 heterocycles. The van der Waals surface area contributed by atoms with Gasteiger partial charge in [-0.15, -0.1) is 0 Å². The molecular weight excluding hydrogens is 260 g/mol. The summed E-state index contributed by atoms with van der Waals surface area (Å²) >= 11 is 0. The molecule has 6 heteroatoms. The van der Waals surface area contributed by atoms with Gasteiger partial charge in [0.15, 0.2) is 0 Å². The fourth-order valence-corrected chi connectivity index (χ4v) is 1.71. The van der Waals surface area contributed by atoms with E-state index in [1.807, 2.05) is 6.07 Å². The highest BCUT2D eigenvalue weighted by Crippen LogP contribution is 2.24. The number of para-hydroxylation sites is 1. The molecule has 0 bridgehead atoms. The van der Waals surface area contributed by atoms with Crippen LogP contribution in [0.3, 0.4) is 0 Å². The minimum absolute atomic E-state index is 0.116. The van der Waals surface area contributed by atoms with Crippen LogP contribution in [0.1, 0.15) is 10.4 Å². The van der Waals surface area contributed by atoms with Crippen molar-refractivity contribution in [2.45, 2.75) is 0 Å². The number of non-ortho nitro benzene ring substituents is 1. The Labute approximate surface area is 115 Å². The highest BCUT2D eigenvalue weighted by molar-refractivity contribution is 6.06. The second-order valence-corrected chi connectivity index (χ2v) is 3.96. The van der Waals surface area contributed by atoms with Crippen LogP contribution in [-0.4, -0.2) is 17.9 Å². The molecule has 0 fully saturated rings. The van der Waals surface area contributed by atoms with Gasteiger partial charge in [-0.2, -0.15) is 0 Å². The zero-order valence-electron chi connectivity index (χ0n) is 10.7. The van der Waals surface area contributed by atoms with E-state index >= 15 is 0 Å². The SMILES string of the molecule is COc1ccc([N+](=O)[O-])cc1C(=O)Nc1ccccc1. The summed E-state index contributed by atoms with van der Waals surface area (Å²) in [6.07, 6.45) is 0. The second-order valence-electron chi connectivity index (χ2n) is 3.96. The number of ether oxygens (including phenoxy) is 1. The normalized spacial score (nSPS) is 9.85. The zero-order valence-corrected chi connectivity index (χ0v) is 10.7. The topological polar surface area (TPSA) is 81.5 Å². The maximum Gasteiger partial charge on any atom is 0.270 e. The number of methoxy groups -OCH3 is 1. The predicted octanol–water partition coefficient (Wildman–Crippen LogP) is 2.86. The number of hydrogen-bond donors (Lipinski definition) is 1. The first-order valence-corrected chi connectivity index (χ1v) is 5.80. The third-order valence-electron chi connectivity index (χ3n) is 2.67. The van der Waals surface area contributed by atoms with Crippen LogP contribution in [0.4, 0.5) is 11.4 Å². The smallest absolute Gasteiger partial charge is 0.270 e. The summed E-state index contributed by atoms with van der Waals surface area (Å²) in [7, 11) is 1.40. The molecule has 2 rings (SSSR count). The minimum atomic E-state index is -0.557. The molecule has 0 aliphatic carbocycles. The van der Waals surface area contributed by atoms with E-state index in [2.05, 4.69) is 5.32 Å². The van der Waals surface area contributed by atoms with Crippen molar-refractivity contribution in [1.82, 2.24) is 0 Å². The predicted molar refractivity (Wildman–Crippen MR) is 74.0 cm³/mol. The average Bonchev–Trinajstić information content (AvgIpc) is 2.47. The molecule has 6 nitrogen and oxygen atoms in total. The Morgan fingerprint density at radius 1 is 1.20 bits per heavy atom. The van der Waals surface area contributed by atoms with Crippen LogP contribution in [0.2, 0.25) is 0 Å². The molecule has 20 heavy (non-hydrogen) atoms. The number of carbonyl (C=O) groups is 1. The van der Waals surface area contributed by atoms with Crippen molar-refractivity contribution in [2.24, 2.45) is 0 Å². The Morgan fingerprint density at radius 3 is 2.50 bits per heavy atom. The van der Waals surface area contributed by atoms with Gasteiger partial charge in [0.25, 0.3) is 11.6 Å². The van der Waals surface area contributed by atoms with Crippen molar-refractivity contribution in [3.63, 3.8) is 0 Å². The maximum absolute atomic E-state index is 12.2. The molecule has 0 unspecified atom stereocenters. The lowest BCUT2D eigenvalue weighted by molar-refractivity contribution is -0.384. The lowest BCUT2D eigenvalue weighted by atomic mass is 10.1. The molecule has 0 aliphatic rings. The first-order chi connectivity index (χ1) is 9.61. The van der Waals surface area contributed by atoms with E-state index in [-0.39, 0.29) is 17.0 Å². The van der Waals surface area contributed by atoms with Crippen LogP contribution in [-0.2, 0) is 0 Å². The molecular formula is C14H12N2O4. The van der Waals surface area contributed by atoms with Gasteiger partial charge in [-0.1, -0.05) is 18.2 Å². The van der Waals surface area contributed by atoms with Crippen LogP contribution >= 0.6 is 0 Å². The summed E-state index contributed by atoms with van der Waals surface area (Å²) in [4.78, 5) is 22.4. The van der Waals surface area contributed by atoms with Gasteiger partial charge in [0.05, 0.1) is 17.6 Å². The van der Waals surface area contributed by atoms with Gasteiger partial charge in [0, 0.05) is 17.8 Å². The highest BCUT2D eigenvalue weighted by Gasteiger charge is 2.17. The Hall–Kier alpha value is -2.89. The number of hydrogen-bond acceptors (Lipinski definition) is 4. The molecule has 2 aromatic carbocycles. The molecule has 0 saturated heterocycles. The van der Waals surface area contributed by atoms with Crippen molar-refractivity contribution in [1.29, 1.82) is 0 Å². The van der Waals surface area contributed by atoms with E-state index in [9.17, 15) is 14.9 Å². The number of anilines is 1. The van der Waals surface area contributed by atoms with Crippen molar-refractivity contribution in [3.05, 3.63) is 64.2 Å². The van der Waals surface area contributed by atoms with Gasteiger partial charge in [-0.25, -0.2) is 0 Å². The van der Waals surface area contributed by atoms with Crippen molar-refractivity contribution >= 4 is 17.3 Å². The van der Waals surface area contributed by atoms with E-state index < -0.39 is 10.8 Å². The Bertz CT molecular complexity index is 641. The summed E-state index contributed by atoms with van der Waals surface area (Å²) in [5.41, 5.74) is 0.556. The van der Waals surface area contributed by atoms with Gasteiger partial charge >= 0.3 is 0 Å². The fraction of sp³-hybridized carbons (Fsp3) is 0.0714. The summed E-state index contributed by atoms with van der Waals surface area (Å²) in [6.45, 7) is 0. The molecule has 1 N–H and O–H groups in total. The highest BCUT2D eigenvalue weighted by atomic mass is 16.6. The molecule has 0 atom stereocenters. The monoisotopic (exact) mass is 272 g/mol. The lowest BCUT2D eigenvalue weighted by Crippen LogP contribution is -2.13. The van der Waals surface area contributed by atoms with Gasteiger partial charge in [-0.3, -0.25) is 14.9 Å². The molecule has 2 aromatic rings. The first-order valence-electron chi connectivity index (χ1n) is 5.80. The second kappa shape index (κ2) is 5.83. The largest absolute Gasteiger partial charge is 0.496 e. The van der Waals surface area contributed by atoms with E-state index in [4.69, 9.17) is 4.74 Å². The van der Waals surface area contributed by atoms with Crippen LogP contribution in [0.5, 0.6) is 5.75 Å². The van der Waals surface area contributed by atoms with E-state index in [0.29, 0.717) is 5.69 Å². The van der Waals surface area contributed by atoms with Crippen molar-refractivity contribution in [2.75, 3.05) is 12.4 Å². The van der Waals surface area contributed by atoms with Crippen LogP contribution in [0.15, 0.2) is 48.5 Å². The molecule has 0 saturated carbocycles. The quantitative estimate of drug-likeness (QED) is 0.685. The Kier molecular flexibility index (Phi) is 3.95. The number of amides is 1. The fourth-order valence-electron chi connectivity index (χ4n) is 1.71. The van der Waals surface area contributed by atoms with Crippen molar-refractivity contribution in [3.8, 4) is 5.75 Å². The summed E-state index contributed by atoms with van der Waals surface area (Å²) in [5.74, 6) is -0.180. The van der Waals surface area contributed by atoms with Crippen molar-refractivity contribution < 1.29 is 14.5 Å². The van der Waals surface area contributed by atoms with Gasteiger partial charge < -0.3 is 10.1 Å². The summed E-state index contributed by atoms with van der Waals surface area (Å²) in [6, 6.07) is 12.7. The van der Waals surface area contributed by atoms with Gasteiger partial charge in [0.1, 0.15) is 5.75 Å².